The van der Waals surface area contributed by atoms with Crippen LogP contribution >= 0.6 is 12.2 Å². The second-order valence-electron chi connectivity index (χ2n) is 3.90. The van der Waals surface area contributed by atoms with Crippen molar-refractivity contribution < 1.29 is 9.59 Å². The lowest BCUT2D eigenvalue weighted by molar-refractivity contribution is -0.157. The summed E-state index contributed by atoms with van der Waals surface area (Å²) in [6.07, 6.45) is 0.459. The molecule has 1 atom stereocenters. The van der Waals surface area contributed by atoms with E-state index in [2.05, 4.69) is 0 Å². The fraction of sp³-hybridized carbons (Fsp3) is 0.700. The standard InChI is InChI=1S/C10H17N3O2S/c1-3-12-4-5-13(10(15)9(12)14)7(2)6-8(11)16/h7H,3-6H2,1-2H3,(H2,11,16). The van der Waals surface area contributed by atoms with Crippen LogP contribution in [0, 0.1) is 0 Å². The van der Waals surface area contributed by atoms with Gasteiger partial charge in [-0.25, -0.2) is 0 Å². The van der Waals surface area contributed by atoms with Crippen LogP contribution in [0.5, 0.6) is 0 Å². The third kappa shape index (κ3) is 2.69. The fourth-order valence-electron chi connectivity index (χ4n) is 1.81. The van der Waals surface area contributed by atoms with Crippen molar-refractivity contribution in [3.8, 4) is 0 Å². The number of carbonyl (C=O) groups excluding carboxylic acids is 2. The van der Waals surface area contributed by atoms with Gasteiger partial charge in [0.1, 0.15) is 0 Å². The molecule has 0 bridgehead atoms. The van der Waals surface area contributed by atoms with Crippen LogP contribution in [0.25, 0.3) is 0 Å². The maximum absolute atomic E-state index is 11.8. The van der Waals surface area contributed by atoms with Crippen molar-refractivity contribution in [2.75, 3.05) is 19.6 Å². The first-order chi connectivity index (χ1) is 7.47. The van der Waals surface area contributed by atoms with E-state index in [4.69, 9.17) is 18.0 Å². The Hall–Kier alpha value is -1.17. The van der Waals surface area contributed by atoms with Gasteiger partial charge in [-0.3, -0.25) is 9.59 Å². The van der Waals surface area contributed by atoms with E-state index in [0.717, 1.165) is 0 Å². The molecule has 1 fully saturated rings. The maximum Gasteiger partial charge on any atom is 0.312 e. The number of carbonyl (C=O) groups is 2. The van der Waals surface area contributed by atoms with Crippen LogP contribution in [0.15, 0.2) is 0 Å². The van der Waals surface area contributed by atoms with Crippen molar-refractivity contribution in [2.45, 2.75) is 26.3 Å². The molecule has 0 saturated carbocycles. The molecule has 1 aliphatic rings. The lowest BCUT2D eigenvalue weighted by Crippen LogP contribution is -2.57. The van der Waals surface area contributed by atoms with Crippen LogP contribution in [0.3, 0.4) is 0 Å². The molecule has 2 amide bonds. The lowest BCUT2D eigenvalue weighted by Gasteiger charge is -2.36. The van der Waals surface area contributed by atoms with Gasteiger partial charge in [-0.15, -0.1) is 0 Å². The van der Waals surface area contributed by atoms with Crippen molar-refractivity contribution in [2.24, 2.45) is 5.73 Å². The average molecular weight is 243 g/mol. The highest BCUT2D eigenvalue weighted by Crippen LogP contribution is 2.11. The van der Waals surface area contributed by atoms with Crippen molar-refractivity contribution in [1.82, 2.24) is 9.80 Å². The number of amides is 2. The van der Waals surface area contributed by atoms with Crippen LogP contribution < -0.4 is 5.73 Å². The number of hydrogen-bond acceptors (Lipinski definition) is 3. The summed E-state index contributed by atoms with van der Waals surface area (Å²) in [5.41, 5.74) is 5.43. The van der Waals surface area contributed by atoms with E-state index >= 15 is 0 Å². The summed E-state index contributed by atoms with van der Waals surface area (Å²) in [5.74, 6) is -0.875. The first-order valence-electron chi connectivity index (χ1n) is 5.35. The minimum absolute atomic E-state index is 0.104. The number of likely N-dealkylation sites (N-methyl/N-ethyl adjacent to an activating group) is 1. The van der Waals surface area contributed by atoms with Crippen LogP contribution in [0.4, 0.5) is 0 Å². The van der Waals surface area contributed by atoms with Crippen LogP contribution in [0.2, 0.25) is 0 Å². The molecule has 0 aromatic carbocycles. The van der Waals surface area contributed by atoms with Crippen molar-refractivity contribution in [3.05, 3.63) is 0 Å². The number of nitrogens with two attached hydrogens (primary N) is 1. The molecule has 1 aliphatic heterocycles. The third-order valence-corrected chi connectivity index (χ3v) is 2.92. The first-order valence-corrected chi connectivity index (χ1v) is 5.76. The molecule has 0 aliphatic carbocycles. The number of hydrogen-bond donors (Lipinski definition) is 1. The Morgan fingerprint density at radius 1 is 1.44 bits per heavy atom. The van der Waals surface area contributed by atoms with Crippen molar-refractivity contribution in [3.63, 3.8) is 0 Å². The molecule has 1 rings (SSSR count). The van der Waals surface area contributed by atoms with Gasteiger partial charge in [0.2, 0.25) is 0 Å². The Morgan fingerprint density at radius 2 is 2.06 bits per heavy atom. The van der Waals surface area contributed by atoms with E-state index in [1.54, 1.807) is 9.80 Å². The predicted octanol–water partition coefficient (Wildman–Crippen LogP) is -0.258. The quantitative estimate of drug-likeness (QED) is 0.546. The van der Waals surface area contributed by atoms with E-state index in [9.17, 15) is 9.59 Å². The van der Waals surface area contributed by atoms with Gasteiger partial charge in [-0.2, -0.15) is 0 Å². The summed E-state index contributed by atoms with van der Waals surface area (Å²) < 4.78 is 0. The van der Waals surface area contributed by atoms with Gasteiger partial charge in [-0.1, -0.05) is 12.2 Å². The third-order valence-electron chi connectivity index (χ3n) is 2.75. The Labute approximate surface area is 101 Å². The van der Waals surface area contributed by atoms with E-state index in [1.807, 2.05) is 13.8 Å². The summed E-state index contributed by atoms with van der Waals surface area (Å²) in [5, 5.41) is 0. The predicted molar refractivity (Wildman–Crippen MR) is 64.8 cm³/mol. The largest absolute Gasteiger partial charge is 0.393 e. The zero-order valence-electron chi connectivity index (χ0n) is 9.60. The summed E-state index contributed by atoms with van der Waals surface area (Å²) in [7, 11) is 0. The summed E-state index contributed by atoms with van der Waals surface area (Å²) in [6, 6.07) is -0.104. The summed E-state index contributed by atoms with van der Waals surface area (Å²) in [6.45, 7) is 5.43. The molecule has 90 valence electrons. The number of piperazine rings is 1. The zero-order chi connectivity index (χ0) is 12.3. The molecule has 0 aromatic rings. The van der Waals surface area contributed by atoms with E-state index in [-0.39, 0.29) is 6.04 Å². The van der Waals surface area contributed by atoms with Gasteiger partial charge in [0.15, 0.2) is 0 Å². The second kappa shape index (κ2) is 5.25. The topological polar surface area (TPSA) is 66.6 Å². The molecular weight excluding hydrogens is 226 g/mol. The molecule has 1 saturated heterocycles. The zero-order valence-corrected chi connectivity index (χ0v) is 10.4. The lowest BCUT2D eigenvalue weighted by atomic mass is 10.1. The highest BCUT2D eigenvalue weighted by Gasteiger charge is 2.34. The molecule has 0 radical (unpaired) electrons. The maximum atomic E-state index is 11.8. The van der Waals surface area contributed by atoms with Gasteiger partial charge in [0, 0.05) is 32.1 Å². The number of rotatable bonds is 4. The molecule has 6 heteroatoms. The smallest absolute Gasteiger partial charge is 0.312 e. The summed E-state index contributed by atoms with van der Waals surface area (Å²) in [4.78, 5) is 26.9. The van der Waals surface area contributed by atoms with Crippen LogP contribution in [-0.2, 0) is 9.59 Å². The minimum Gasteiger partial charge on any atom is -0.393 e. The molecule has 2 N–H and O–H groups in total. The first kappa shape index (κ1) is 12.9. The van der Waals surface area contributed by atoms with Crippen molar-refractivity contribution in [1.29, 1.82) is 0 Å². The molecule has 16 heavy (non-hydrogen) atoms. The molecular formula is C10H17N3O2S. The van der Waals surface area contributed by atoms with E-state index in [1.165, 1.54) is 0 Å². The fourth-order valence-corrected chi connectivity index (χ4v) is 2.05. The van der Waals surface area contributed by atoms with Gasteiger partial charge in [0.25, 0.3) is 0 Å². The highest BCUT2D eigenvalue weighted by molar-refractivity contribution is 7.80. The molecule has 0 aromatic heterocycles. The summed E-state index contributed by atoms with van der Waals surface area (Å²) >= 11 is 4.80. The Balaban J connectivity index is 2.67. The Morgan fingerprint density at radius 3 is 2.56 bits per heavy atom. The second-order valence-corrected chi connectivity index (χ2v) is 4.43. The SMILES string of the molecule is CCN1CCN(C(C)CC(N)=S)C(=O)C1=O. The molecule has 1 unspecified atom stereocenters. The number of nitrogens with zero attached hydrogens (tertiary/aromatic N) is 2. The van der Waals surface area contributed by atoms with Gasteiger partial charge in [-0.05, 0) is 13.8 Å². The molecule has 1 heterocycles. The minimum atomic E-state index is -0.447. The van der Waals surface area contributed by atoms with E-state index in [0.29, 0.717) is 31.0 Å². The van der Waals surface area contributed by atoms with Gasteiger partial charge >= 0.3 is 11.8 Å². The van der Waals surface area contributed by atoms with Gasteiger partial charge < -0.3 is 15.5 Å². The van der Waals surface area contributed by atoms with E-state index < -0.39 is 11.8 Å². The highest BCUT2D eigenvalue weighted by atomic mass is 32.1. The normalized spacial score (nSPS) is 18.9. The van der Waals surface area contributed by atoms with Gasteiger partial charge in [0.05, 0.1) is 4.99 Å². The average Bonchev–Trinajstić information content (AvgIpc) is 2.20. The molecule has 5 nitrogen and oxygen atoms in total. The molecule has 0 spiro atoms. The Bertz CT molecular complexity index is 319. The Kier molecular flexibility index (Phi) is 4.23. The van der Waals surface area contributed by atoms with Crippen LogP contribution in [-0.4, -0.2) is 52.3 Å². The van der Waals surface area contributed by atoms with Crippen LogP contribution in [0.1, 0.15) is 20.3 Å². The monoisotopic (exact) mass is 243 g/mol. The number of thiocarbonyl (C=S) groups is 1. The van der Waals surface area contributed by atoms with Crippen molar-refractivity contribution >= 4 is 29.0 Å².